The molecule has 7 nitrogen and oxygen atoms in total. The fourth-order valence-electron chi connectivity index (χ4n) is 5.67. The molecule has 0 aromatic carbocycles. The number of aromatic nitrogens is 3. The zero-order chi connectivity index (χ0) is 22.1. The molecule has 4 saturated heterocycles. The summed E-state index contributed by atoms with van der Waals surface area (Å²) in [6.45, 7) is 1.20. The molecule has 0 spiro atoms. The molecule has 6 heterocycles. The molecule has 2 aromatic rings. The van der Waals surface area contributed by atoms with E-state index in [2.05, 4.69) is 30.1 Å². The van der Waals surface area contributed by atoms with Crippen LogP contribution in [-0.2, 0) is 0 Å². The van der Waals surface area contributed by atoms with Crippen molar-refractivity contribution in [3.05, 3.63) is 17.2 Å². The Labute approximate surface area is 182 Å². The number of nitrogens with one attached hydrogen (secondary N) is 1. The Morgan fingerprint density at radius 1 is 1.23 bits per heavy atom. The van der Waals surface area contributed by atoms with Gasteiger partial charge in [-0.2, -0.15) is 9.97 Å². The molecule has 0 unspecified atom stereocenters. The van der Waals surface area contributed by atoms with E-state index in [0.29, 0.717) is 23.3 Å². The molecule has 4 aliphatic rings. The number of piperazine rings is 1. The van der Waals surface area contributed by atoms with Crippen LogP contribution < -0.4 is 15.0 Å². The van der Waals surface area contributed by atoms with Crippen molar-refractivity contribution in [3.63, 3.8) is 0 Å². The molecular formula is C21H26ClFN6O. The minimum absolute atomic E-state index is 0.0129. The Balaban J connectivity index is 1.42. The number of nitrogens with zero attached hydrogens (tertiary/aromatic N) is 5. The number of hydrogen-bond acceptors (Lipinski definition) is 7. The van der Waals surface area contributed by atoms with Crippen molar-refractivity contribution in [2.75, 3.05) is 37.6 Å². The van der Waals surface area contributed by atoms with E-state index < -0.39 is 17.9 Å². The van der Waals surface area contributed by atoms with Gasteiger partial charge in [-0.15, -0.1) is 0 Å². The summed E-state index contributed by atoms with van der Waals surface area (Å²) in [4.78, 5) is 17.2. The fraction of sp³-hybridized carbons (Fsp3) is 0.667. The van der Waals surface area contributed by atoms with Crippen LogP contribution in [0.4, 0.5) is 10.2 Å². The summed E-state index contributed by atoms with van der Waals surface area (Å²) in [7, 11) is 0. The molecule has 9 heteroatoms. The predicted molar refractivity (Wildman–Crippen MR) is 113 cm³/mol. The van der Waals surface area contributed by atoms with E-state index in [9.17, 15) is 4.39 Å². The third-order valence-electron chi connectivity index (χ3n) is 7.09. The lowest BCUT2D eigenvalue weighted by molar-refractivity contribution is 0.108. The molecule has 0 saturated carbocycles. The lowest BCUT2D eigenvalue weighted by atomic mass is 9.95. The fourth-order valence-corrected chi connectivity index (χ4v) is 5.81. The molecule has 2 bridgehead atoms. The van der Waals surface area contributed by atoms with E-state index in [4.69, 9.17) is 19.1 Å². The summed E-state index contributed by atoms with van der Waals surface area (Å²) >= 11 is 5.95. The van der Waals surface area contributed by atoms with Gasteiger partial charge in [0.15, 0.2) is 11.0 Å². The molecule has 1 N–H and O–H groups in total. The van der Waals surface area contributed by atoms with Gasteiger partial charge in [-0.3, -0.25) is 4.90 Å². The summed E-state index contributed by atoms with van der Waals surface area (Å²) in [5, 5.41) is 3.77. The van der Waals surface area contributed by atoms with Crippen molar-refractivity contribution < 1.29 is 11.9 Å². The van der Waals surface area contributed by atoms with Crippen LogP contribution in [0, 0.1) is 5.82 Å². The maximum absolute atomic E-state index is 15.0. The van der Waals surface area contributed by atoms with Gasteiger partial charge in [0.05, 0.1) is 13.7 Å². The minimum atomic E-state index is -2.00. The second kappa shape index (κ2) is 7.14. The van der Waals surface area contributed by atoms with Gasteiger partial charge < -0.3 is 15.0 Å². The normalized spacial score (nSPS) is 29.2. The Hall–Kier alpha value is -1.77. The molecule has 4 aliphatic heterocycles. The molecule has 2 atom stereocenters. The Morgan fingerprint density at radius 3 is 2.70 bits per heavy atom. The van der Waals surface area contributed by atoms with Crippen molar-refractivity contribution in [2.24, 2.45) is 0 Å². The summed E-state index contributed by atoms with van der Waals surface area (Å²) in [5.74, 6) is -0.215. The van der Waals surface area contributed by atoms with Crippen LogP contribution in [0.1, 0.15) is 41.3 Å². The van der Waals surface area contributed by atoms with Crippen molar-refractivity contribution in [1.29, 1.82) is 0 Å². The number of pyridine rings is 1. The van der Waals surface area contributed by atoms with Crippen LogP contribution in [0.15, 0.2) is 6.20 Å². The molecule has 0 radical (unpaired) electrons. The molecule has 160 valence electrons. The Bertz CT molecular complexity index is 1050. The number of halogens is 2. The highest BCUT2D eigenvalue weighted by atomic mass is 35.5. The van der Waals surface area contributed by atoms with Crippen molar-refractivity contribution in [3.8, 4) is 6.01 Å². The van der Waals surface area contributed by atoms with Gasteiger partial charge in [0.1, 0.15) is 17.9 Å². The van der Waals surface area contributed by atoms with Crippen LogP contribution >= 0.6 is 11.6 Å². The summed E-state index contributed by atoms with van der Waals surface area (Å²) in [6.07, 6.45) is 7.00. The quantitative estimate of drug-likeness (QED) is 0.742. The first-order valence-corrected chi connectivity index (χ1v) is 11.2. The van der Waals surface area contributed by atoms with Crippen LogP contribution in [0.2, 0.25) is 5.15 Å². The second-order valence-electron chi connectivity index (χ2n) is 8.93. The minimum Gasteiger partial charge on any atom is -0.461 e. The van der Waals surface area contributed by atoms with Gasteiger partial charge in [-0.25, -0.2) is 9.37 Å². The van der Waals surface area contributed by atoms with Gasteiger partial charge in [-0.1, -0.05) is 11.6 Å². The van der Waals surface area contributed by atoms with Gasteiger partial charge in [0.25, 0.3) is 0 Å². The monoisotopic (exact) mass is 434 g/mol. The van der Waals surface area contributed by atoms with E-state index in [1.807, 2.05) is 0 Å². The Morgan fingerprint density at radius 2 is 1.97 bits per heavy atom. The van der Waals surface area contributed by atoms with E-state index in [1.165, 1.54) is 6.20 Å². The first-order chi connectivity index (χ1) is 15.4. The zero-order valence-electron chi connectivity index (χ0n) is 18.7. The molecule has 6 rings (SSSR count). The maximum atomic E-state index is 15.0. The van der Waals surface area contributed by atoms with Crippen LogP contribution in [-0.4, -0.2) is 70.2 Å². The molecule has 30 heavy (non-hydrogen) atoms. The van der Waals surface area contributed by atoms with E-state index in [-0.39, 0.29) is 16.7 Å². The SMILES string of the molecule is [2H]C([2H])(Oc1nc(N2C[C@H]3CC[C@@H](C2)N3)c2cnc(Cl)c(F)c2n1)C12CCCN1CCC2. The average molecular weight is 435 g/mol. The first-order valence-electron chi connectivity index (χ1n) is 11.8. The van der Waals surface area contributed by atoms with Gasteiger partial charge in [0, 0.05) is 31.4 Å². The second-order valence-corrected chi connectivity index (χ2v) is 9.29. The summed E-state index contributed by atoms with van der Waals surface area (Å²) in [5.41, 5.74) is -0.674. The van der Waals surface area contributed by atoms with E-state index in [1.54, 1.807) is 0 Å². The van der Waals surface area contributed by atoms with Gasteiger partial charge in [-0.05, 0) is 51.6 Å². The zero-order valence-corrected chi connectivity index (χ0v) is 17.5. The summed E-state index contributed by atoms with van der Waals surface area (Å²) in [6, 6.07) is 0.547. The molecular weight excluding hydrogens is 407 g/mol. The number of fused-ring (bicyclic) bond motifs is 4. The van der Waals surface area contributed by atoms with Crippen molar-refractivity contribution >= 4 is 28.3 Å². The maximum Gasteiger partial charge on any atom is 0.319 e. The van der Waals surface area contributed by atoms with E-state index in [0.717, 1.165) is 64.7 Å². The largest absolute Gasteiger partial charge is 0.461 e. The van der Waals surface area contributed by atoms with Crippen molar-refractivity contribution in [1.82, 2.24) is 25.2 Å². The smallest absolute Gasteiger partial charge is 0.319 e. The third kappa shape index (κ3) is 3.03. The van der Waals surface area contributed by atoms with Gasteiger partial charge in [0.2, 0.25) is 0 Å². The number of ether oxygens (including phenoxy) is 1. The molecule has 0 amide bonds. The summed E-state index contributed by atoms with van der Waals surface area (Å²) < 4.78 is 38.5. The van der Waals surface area contributed by atoms with Gasteiger partial charge >= 0.3 is 6.01 Å². The molecule has 2 aromatic heterocycles. The highest BCUT2D eigenvalue weighted by molar-refractivity contribution is 6.30. The third-order valence-corrected chi connectivity index (χ3v) is 7.36. The highest BCUT2D eigenvalue weighted by Gasteiger charge is 2.45. The lowest BCUT2D eigenvalue weighted by Gasteiger charge is -2.34. The Kier molecular flexibility index (Phi) is 4.01. The standard InChI is InChI=1S/C21H26ClFN6O/c22-18-16(23)17-15(9-24-18)19(28-10-13-3-4-14(11-28)25-13)27-20(26-17)30-12-21-5-1-7-29(21)8-2-6-21/h9,13-14,25H,1-8,10-12H2/t13-,14+/i12D2. The van der Waals surface area contributed by atoms with Crippen LogP contribution in [0.5, 0.6) is 6.01 Å². The van der Waals surface area contributed by atoms with E-state index >= 15 is 0 Å². The van der Waals surface area contributed by atoms with Crippen LogP contribution in [0.25, 0.3) is 10.9 Å². The number of hydrogen-bond donors (Lipinski definition) is 1. The topological polar surface area (TPSA) is 66.4 Å². The molecule has 0 aliphatic carbocycles. The number of rotatable bonds is 4. The predicted octanol–water partition coefficient (Wildman–Crippen LogP) is 2.77. The highest BCUT2D eigenvalue weighted by Crippen LogP contribution is 2.39. The lowest BCUT2D eigenvalue weighted by Crippen LogP contribution is -2.51. The van der Waals surface area contributed by atoms with Crippen LogP contribution in [0.3, 0.4) is 0 Å². The first kappa shape index (κ1) is 16.9. The molecule has 4 fully saturated rings. The van der Waals surface area contributed by atoms with Crippen molar-refractivity contribution in [2.45, 2.75) is 56.1 Å². The number of anilines is 1. The average Bonchev–Trinajstić information content (AvgIpc) is 3.45.